The zero-order valence-corrected chi connectivity index (χ0v) is 10.7. The molecule has 0 bridgehead atoms. The van der Waals surface area contributed by atoms with Crippen LogP contribution in [0.2, 0.25) is 0 Å². The number of benzene rings is 1. The van der Waals surface area contributed by atoms with Gasteiger partial charge in [0.2, 0.25) is 11.7 Å². The number of para-hydroxylation sites is 1. The van der Waals surface area contributed by atoms with E-state index in [-0.39, 0.29) is 12.1 Å². The molecule has 1 aromatic carbocycles. The Balaban J connectivity index is 2.03. The Morgan fingerprint density at radius 2 is 2.30 bits per heavy atom. The number of aromatic nitrogens is 3. The lowest BCUT2D eigenvalue weighted by atomic mass is 10.1. The minimum atomic E-state index is -0.0770. The molecule has 3 aromatic rings. The maximum absolute atomic E-state index is 12.6. The van der Waals surface area contributed by atoms with Crippen LogP contribution in [0.5, 0.6) is 0 Å². The van der Waals surface area contributed by atoms with E-state index in [9.17, 15) is 4.79 Å². The van der Waals surface area contributed by atoms with Crippen LogP contribution in [-0.4, -0.2) is 14.7 Å². The zero-order chi connectivity index (χ0) is 13.7. The quantitative estimate of drug-likeness (QED) is 0.751. The molecule has 0 spiro atoms. The number of aryl methyl sites for hydroxylation is 2. The van der Waals surface area contributed by atoms with Gasteiger partial charge in [-0.05, 0) is 23.4 Å². The first-order valence-corrected chi connectivity index (χ1v) is 6.46. The van der Waals surface area contributed by atoms with Crippen molar-refractivity contribution < 1.29 is 4.52 Å². The van der Waals surface area contributed by atoms with Crippen molar-refractivity contribution in [2.45, 2.75) is 19.5 Å². The first-order chi connectivity index (χ1) is 9.78. The van der Waals surface area contributed by atoms with Crippen LogP contribution in [0.15, 0.2) is 33.6 Å². The number of hydrogen-bond acceptors (Lipinski definition) is 5. The summed E-state index contributed by atoms with van der Waals surface area (Å²) in [5, 5.41) is 4.86. The monoisotopic (exact) mass is 268 g/mol. The summed E-state index contributed by atoms with van der Waals surface area (Å²) in [5.74, 6) is 0.632. The highest BCUT2D eigenvalue weighted by Gasteiger charge is 2.20. The van der Waals surface area contributed by atoms with Gasteiger partial charge in [0.15, 0.2) is 0 Å². The van der Waals surface area contributed by atoms with Crippen LogP contribution in [0.25, 0.3) is 22.3 Å². The van der Waals surface area contributed by atoms with Crippen LogP contribution >= 0.6 is 0 Å². The largest absolute Gasteiger partial charge is 0.338 e. The molecule has 1 aliphatic rings. The van der Waals surface area contributed by atoms with Crippen molar-refractivity contribution in [2.24, 2.45) is 5.73 Å². The summed E-state index contributed by atoms with van der Waals surface area (Å²) >= 11 is 0. The minimum Gasteiger partial charge on any atom is -0.338 e. The predicted octanol–water partition coefficient (Wildman–Crippen LogP) is 1.07. The standard InChI is InChI=1S/C14H12N4O2/c15-7-11-16-13(17-20-11)10-6-9-3-1-2-8-4-5-18(12(8)9)14(10)19/h1-3,6H,4-5,7,15H2. The van der Waals surface area contributed by atoms with Crippen LogP contribution in [0.4, 0.5) is 0 Å². The third-order valence-corrected chi connectivity index (χ3v) is 3.68. The van der Waals surface area contributed by atoms with Gasteiger partial charge in [0.1, 0.15) is 0 Å². The number of pyridine rings is 1. The van der Waals surface area contributed by atoms with E-state index in [1.54, 1.807) is 4.57 Å². The Kier molecular flexibility index (Phi) is 2.28. The summed E-state index contributed by atoms with van der Waals surface area (Å²) in [6.45, 7) is 0.864. The van der Waals surface area contributed by atoms with Crippen molar-refractivity contribution in [3.05, 3.63) is 46.1 Å². The minimum absolute atomic E-state index is 0.0770. The molecule has 2 aromatic heterocycles. The molecule has 4 rings (SSSR count). The number of hydrogen-bond donors (Lipinski definition) is 1. The molecule has 100 valence electrons. The fourth-order valence-electron chi connectivity index (χ4n) is 2.78. The lowest BCUT2D eigenvalue weighted by Crippen LogP contribution is -2.20. The molecule has 0 atom stereocenters. The Bertz CT molecular complexity index is 879. The molecule has 0 fully saturated rings. The molecular weight excluding hydrogens is 256 g/mol. The summed E-state index contributed by atoms with van der Waals surface area (Å²) in [6, 6.07) is 7.89. The van der Waals surface area contributed by atoms with Gasteiger partial charge in [0.05, 0.1) is 17.6 Å². The van der Waals surface area contributed by atoms with Crippen LogP contribution in [-0.2, 0) is 19.5 Å². The highest BCUT2D eigenvalue weighted by Crippen LogP contribution is 2.26. The Morgan fingerprint density at radius 1 is 1.40 bits per heavy atom. The molecule has 0 amide bonds. The van der Waals surface area contributed by atoms with Gasteiger partial charge in [-0.3, -0.25) is 4.79 Å². The number of nitrogens with zero attached hydrogens (tertiary/aromatic N) is 3. The Labute approximate surface area is 113 Å². The molecule has 0 saturated carbocycles. The van der Waals surface area contributed by atoms with Crippen LogP contribution in [0.3, 0.4) is 0 Å². The second-order valence-electron chi connectivity index (χ2n) is 4.84. The molecule has 0 aliphatic carbocycles. The summed E-state index contributed by atoms with van der Waals surface area (Å²) < 4.78 is 6.78. The maximum atomic E-state index is 12.6. The van der Waals surface area contributed by atoms with Crippen molar-refractivity contribution >= 4 is 10.9 Å². The van der Waals surface area contributed by atoms with E-state index < -0.39 is 0 Å². The fourth-order valence-corrected chi connectivity index (χ4v) is 2.78. The average molecular weight is 268 g/mol. The van der Waals surface area contributed by atoms with Crippen molar-refractivity contribution in [3.63, 3.8) is 0 Å². The van der Waals surface area contributed by atoms with Crippen LogP contribution < -0.4 is 11.3 Å². The van der Waals surface area contributed by atoms with Gasteiger partial charge in [-0.25, -0.2) is 0 Å². The number of nitrogens with two attached hydrogens (primary N) is 1. The van der Waals surface area contributed by atoms with Gasteiger partial charge in [-0.1, -0.05) is 23.4 Å². The fraction of sp³-hybridized carbons (Fsp3) is 0.214. The van der Waals surface area contributed by atoms with E-state index in [1.165, 1.54) is 5.56 Å². The van der Waals surface area contributed by atoms with E-state index in [1.807, 2.05) is 18.2 Å². The maximum Gasteiger partial charge on any atom is 0.262 e. The van der Waals surface area contributed by atoms with Gasteiger partial charge in [0.25, 0.3) is 5.56 Å². The van der Waals surface area contributed by atoms with Crippen molar-refractivity contribution in [2.75, 3.05) is 0 Å². The molecular formula is C14H12N4O2. The summed E-state index contributed by atoms with van der Waals surface area (Å²) in [6.07, 6.45) is 0.885. The molecule has 0 radical (unpaired) electrons. The van der Waals surface area contributed by atoms with Gasteiger partial charge in [0, 0.05) is 6.54 Å². The van der Waals surface area contributed by atoms with Crippen molar-refractivity contribution in [1.82, 2.24) is 14.7 Å². The van der Waals surface area contributed by atoms with E-state index in [4.69, 9.17) is 10.3 Å². The van der Waals surface area contributed by atoms with Crippen LogP contribution in [0.1, 0.15) is 11.5 Å². The second-order valence-corrected chi connectivity index (χ2v) is 4.84. The summed E-state index contributed by atoms with van der Waals surface area (Å²) in [5.41, 5.74) is 8.06. The Morgan fingerprint density at radius 3 is 3.10 bits per heavy atom. The SMILES string of the molecule is NCc1nc(-c2cc3cccc4c3n(c2=O)CC4)no1. The molecule has 1 aliphatic heterocycles. The topological polar surface area (TPSA) is 86.9 Å². The molecule has 20 heavy (non-hydrogen) atoms. The normalized spacial score (nSPS) is 13.2. The second kappa shape index (κ2) is 4.01. The van der Waals surface area contributed by atoms with Gasteiger partial charge in [-0.15, -0.1) is 0 Å². The molecule has 6 heteroatoms. The predicted molar refractivity (Wildman–Crippen MR) is 73.1 cm³/mol. The summed E-state index contributed by atoms with van der Waals surface area (Å²) in [7, 11) is 0. The lowest BCUT2D eigenvalue weighted by Gasteiger charge is -2.05. The van der Waals surface area contributed by atoms with E-state index in [2.05, 4.69) is 16.2 Å². The Hall–Kier alpha value is -2.47. The average Bonchev–Trinajstić information content (AvgIpc) is 3.10. The van der Waals surface area contributed by atoms with E-state index >= 15 is 0 Å². The van der Waals surface area contributed by atoms with Crippen LogP contribution in [0, 0.1) is 0 Å². The molecule has 6 nitrogen and oxygen atoms in total. The highest BCUT2D eigenvalue weighted by atomic mass is 16.5. The van der Waals surface area contributed by atoms with Gasteiger partial charge < -0.3 is 14.8 Å². The summed E-state index contributed by atoms with van der Waals surface area (Å²) in [4.78, 5) is 16.7. The van der Waals surface area contributed by atoms with Gasteiger partial charge >= 0.3 is 0 Å². The smallest absolute Gasteiger partial charge is 0.262 e. The highest BCUT2D eigenvalue weighted by molar-refractivity contribution is 5.86. The first kappa shape index (κ1) is 11.4. The van der Waals surface area contributed by atoms with E-state index in [0.29, 0.717) is 23.8 Å². The lowest BCUT2D eigenvalue weighted by molar-refractivity contribution is 0.380. The molecule has 0 saturated heterocycles. The molecule has 0 unspecified atom stereocenters. The van der Waals surface area contributed by atoms with Crippen molar-refractivity contribution in [1.29, 1.82) is 0 Å². The third-order valence-electron chi connectivity index (χ3n) is 3.68. The third kappa shape index (κ3) is 1.45. The van der Waals surface area contributed by atoms with Gasteiger partial charge in [-0.2, -0.15) is 4.98 Å². The molecule has 3 heterocycles. The first-order valence-electron chi connectivity index (χ1n) is 6.46. The van der Waals surface area contributed by atoms with E-state index in [0.717, 1.165) is 17.3 Å². The zero-order valence-electron chi connectivity index (χ0n) is 10.7. The molecule has 2 N–H and O–H groups in total. The van der Waals surface area contributed by atoms with Crippen molar-refractivity contribution in [3.8, 4) is 11.4 Å². The number of rotatable bonds is 2.